The highest BCUT2D eigenvalue weighted by Crippen LogP contribution is 2.08. The molecular weight excluding hydrogens is 320 g/mol. The summed E-state index contributed by atoms with van der Waals surface area (Å²) in [6.07, 6.45) is 0.829. The third-order valence-electron chi connectivity index (χ3n) is 3.80. The van der Waals surface area contributed by atoms with E-state index in [1.807, 2.05) is 30.3 Å². The first-order chi connectivity index (χ1) is 12.2. The molecule has 1 fully saturated rings. The first kappa shape index (κ1) is 18.9. The van der Waals surface area contributed by atoms with Crippen molar-refractivity contribution in [3.8, 4) is 0 Å². The number of piperazine rings is 1. The fourth-order valence-electron chi connectivity index (χ4n) is 2.58. The van der Waals surface area contributed by atoms with Crippen molar-refractivity contribution in [3.05, 3.63) is 35.9 Å². The van der Waals surface area contributed by atoms with E-state index in [0.717, 1.165) is 31.7 Å². The minimum atomic E-state index is -0.388. The molecule has 2 amide bonds. The Balaban J connectivity index is 1.94. The number of urea groups is 1. The van der Waals surface area contributed by atoms with Crippen LogP contribution in [-0.4, -0.2) is 62.1 Å². The molecule has 1 aromatic rings. The van der Waals surface area contributed by atoms with Gasteiger partial charge in [0.25, 0.3) is 0 Å². The Morgan fingerprint density at radius 1 is 1.24 bits per heavy atom. The average Bonchev–Trinajstić information content (AvgIpc) is 2.65. The Labute approximate surface area is 148 Å². The van der Waals surface area contributed by atoms with Crippen LogP contribution in [0.3, 0.4) is 0 Å². The van der Waals surface area contributed by atoms with Crippen LogP contribution in [0.1, 0.15) is 25.3 Å². The third kappa shape index (κ3) is 6.54. The molecule has 2 rings (SSSR count). The van der Waals surface area contributed by atoms with Crippen LogP contribution in [-0.2, 0) is 9.53 Å². The van der Waals surface area contributed by atoms with E-state index < -0.39 is 0 Å². The van der Waals surface area contributed by atoms with Gasteiger partial charge in [-0.15, -0.1) is 0 Å². The number of carbonyl (C=O) groups excluding carboxylic acids is 2. The molecule has 1 heterocycles. The zero-order chi connectivity index (χ0) is 17.9. The highest BCUT2D eigenvalue weighted by atomic mass is 16.5. The molecular formula is C18H26N4O3. The molecule has 25 heavy (non-hydrogen) atoms. The molecule has 1 aliphatic heterocycles. The van der Waals surface area contributed by atoms with E-state index in [1.165, 1.54) is 0 Å². The van der Waals surface area contributed by atoms with E-state index in [1.54, 1.807) is 6.92 Å². The van der Waals surface area contributed by atoms with Crippen molar-refractivity contribution in [1.29, 1.82) is 0 Å². The van der Waals surface area contributed by atoms with E-state index in [9.17, 15) is 9.59 Å². The Bertz CT molecular complexity index is 583. The summed E-state index contributed by atoms with van der Waals surface area (Å²) in [7, 11) is 0. The maximum Gasteiger partial charge on any atom is 0.342 e. The van der Waals surface area contributed by atoms with E-state index in [4.69, 9.17) is 4.74 Å². The lowest BCUT2D eigenvalue weighted by atomic mass is 10.2. The highest BCUT2D eigenvalue weighted by molar-refractivity contribution is 6.04. The van der Waals surface area contributed by atoms with Gasteiger partial charge in [-0.1, -0.05) is 30.3 Å². The van der Waals surface area contributed by atoms with Crippen LogP contribution < -0.4 is 10.6 Å². The monoisotopic (exact) mass is 346 g/mol. The highest BCUT2D eigenvalue weighted by Gasteiger charge is 2.17. The Morgan fingerprint density at radius 2 is 1.96 bits per heavy atom. The fourth-order valence-corrected chi connectivity index (χ4v) is 2.58. The molecule has 0 unspecified atom stereocenters. The van der Waals surface area contributed by atoms with E-state index in [0.29, 0.717) is 31.8 Å². The number of nitrogens with one attached hydrogen (secondary N) is 2. The molecule has 0 radical (unpaired) electrons. The lowest BCUT2D eigenvalue weighted by Crippen LogP contribution is -2.47. The number of ether oxygens (including phenoxy) is 1. The summed E-state index contributed by atoms with van der Waals surface area (Å²) >= 11 is 0. The number of rotatable bonds is 6. The van der Waals surface area contributed by atoms with Gasteiger partial charge >= 0.3 is 12.0 Å². The zero-order valence-corrected chi connectivity index (χ0v) is 14.7. The minimum absolute atomic E-state index is 0.244. The van der Waals surface area contributed by atoms with Gasteiger partial charge in [-0.2, -0.15) is 4.99 Å². The molecule has 1 saturated heterocycles. The van der Waals surface area contributed by atoms with Gasteiger partial charge in [0, 0.05) is 44.7 Å². The van der Waals surface area contributed by atoms with Crippen LogP contribution in [0.25, 0.3) is 0 Å². The molecule has 7 heteroatoms. The van der Waals surface area contributed by atoms with Crippen LogP contribution in [0.4, 0.5) is 4.79 Å². The summed E-state index contributed by atoms with van der Waals surface area (Å²) in [4.78, 5) is 29.9. The molecule has 0 aromatic heterocycles. The maximum atomic E-state index is 12.2. The van der Waals surface area contributed by atoms with Crippen molar-refractivity contribution in [2.45, 2.75) is 19.8 Å². The lowest BCUT2D eigenvalue weighted by molar-refractivity contribution is -0.143. The molecule has 2 N–H and O–H groups in total. The summed E-state index contributed by atoms with van der Waals surface area (Å²) in [5.74, 6) is 0.441. The second kappa shape index (κ2) is 10.5. The number of hydrogen-bond donors (Lipinski definition) is 2. The lowest BCUT2D eigenvalue weighted by Gasteiger charge is -2.30. The number of aliphatic imine (C=N–C) groups is 1. The van der Waals surface area contributed by atoms with Crippen molar-refractivity contribution < 1.29 is 14.3 Å². The van der Waals surface area contributed by atoms with Crippen molar-refractivity contribution in [1.82, 2.24) is 15.5 Å². The van der Waals surface area contributed by atoms with Gasteiger partial charge in [0.05, 0.1) is 6.61 Å². The quantitative estimate of drug-likeness (QED) is 0.352. The predicted molar refractivity (Wildman–Crippen MR) is 96.7 cm³/mol. The molecule has 0 atom stereocenters. The SMILES string of the molecule is CCOC(=O)CCCNC(=O)N=C(c1ccccc1)N1CCNCC1. The van der Waals surface area contributed by atoms with Gasteiger partial charge < -0.3 is 20.3 Å². The number of benzene rings is 1. The first-order valence-electron chi connectivity index (χ1n) is 8.74. The largest absolute Gasteiger partial charge is 0.466 e. The zero-order valence-electron chi connectivity index (χ0n) is 14.7. The summed E-state index contributed by atoms with van der Waals surface area (Å²) in [5, 5.41) is 6.04. The molecule has 0 saturated carbocycles. The van der Waals surface area contributed by atoms with Gasteiger partial charge in [-0.25, -0.2) is 4.79 Å². The first-order valence-corrected chi connectivity index (χ1v) is 8.74. The van der Waals surface area contributed by atoms with Crippen LogP contribution in [0.2, 0.25) is 0 Å². The molecule has 136 valence electrons. The third-order valence-corrected chi connectivity index (χ3v) is 3.80. The molecule has 0 bridgehead atoms. The Kier molecular flexibility index (Phi) is 7.91. The summed E-state index contributed by atoms with van der Waals surface area (Å²) in [5.41, 5.74) is 0.922. The molecule has 0 aliphatic carbocycles. The van der Waals surface area contributed by atoms with E-state index in [2.05, 4.69) is 20.5 Å². The molecule has 1 aliphatic rings. The van der Waals surface area contributed by atoms with Crippen LogP contribution >= 0.6 is 0 Å². The minimum Gasteiger partial charge on any atom is -0.466 e. The smallest absolute Gasteiger partial charge is 0.342 e. The van der Waals surface area contributed by atoms with Crippen molar-refractivity contribution in [2.24, 2.45) is 4.99 Å². The molecule has 0 spiro atoms. The number of amides is 2. The van der Waals surface area contributed by atoms with Gasteiger partial charge in [0.1, 0.15) is 5.84 Å². The Morgan fingerprint density at radius 3 is 2.64 bits per heavy atom. The second-order valence-electron chi connectivity index (χ2n) is 5.68. The number of hydrogen-bond acceptors (Lipinski definition) is 4. The van der Waals surface area contributed by atoms with Gasteiger partial charge in [0.2, 0.25) is 0 Å². The number of nitrogens with zero attached hydrogens (tertiary/aromatic N) is 2. The van der Waals surface area contributed by atoms with Gasteiger partial charge in [-0.3, -0.25) is 4.79 Å². The van der Waals surface area contributed by atoms with Gasteiger partial charge in [0.15, 0.2) is 0 Å². The van der Waals surface area contributed by atoms with Crippen molar-refractivity contribution in [2.75, 3.05) is 39.3 Å². The van der Waals surface area contributed by atoms with Gasteiger partial charge in [-0.05, 0) is 13.3 Å². The Hall–Kier alpha value is -2.41. The van der Waals surface area contributed by atoms with Crippen molar-refractivity contribution >= 4 is 17.8 Å². The number of amidine groups is 1. The number of esters is 1. The predicted octanol–water partition coefficient (Wildman–Crippen LogP) is 1.39. The standard InChI is InChI=1S/C18H26N4O3/c1-2-25-16(23)9-6-10-20-18(24)21-17(15-7-4-3-5-8-15)22-13-11-19-12-14-22/h3-5,7-8,19H,2,6,9-14H2,1H3,(H,20,24). The number of carbonyl (C=O) groups is 2. The summed E-state index contributed by atoms with van der Waals surface area (Å²) in [6.45, 7) is 5.90. The molecule has 1 aromatic carbocycles. The summed E-state index contributed by atoms with van der Waals surface area (Å²) in [6, 6.07) is 9.33. The fraction of sp³-hybridized carbons (Fsp3) is 0.500. The van der Waals surface area contributed by atoms with Crippen LogP contribution in [0, 0.1) is 0 Å². The van der Waals surface area contributed by atoms with E-state index >= 15 is 0 Å². The van der Waals surface area contributed by atoms with Crippen LogP contribution in [0.15, 0.2) is 35.3 Å². The van der Waals surface area contributed by atoms with Crippen LogP contribution in [0.5, 0.6) is 0 Å². The second-order valence-corrected chi connectivity index (χ2v) is 5.68. The topological polar surface area (TPSA) is 83.0 Å². The van der Waals surface area contributed by atoms with E-state index in [-0.39, 0.29) is 12.0 Å². The molecule has 7 nitrogen and oxygen atoms in total. The maximum absolute atomic E-state index is 12.2. The van der Waals surface area contributed by atoms with Crippen molar-refractivity contribution in [3.63, 3.8) is 0 Å². The normalized spacial score (nSPS) is 14.9. The summed E-state index contributed by atoms with van der Waals surface area (Å²) < 4.78 is 4.86. The average molecular weight is 346 g/mol.